The lowest BCUT2D eigenvalue weighted by molar-refractivity contribution is 0.0710. The average Bonchev–Trinajstić information content (AvgIpc) is 3.32. The van der Waals surface area contributed by atoms with Crippen molar-refractivity contribution in [3.63, 3.8) is 0 Å². The number of rotatable bonds is 8. The average molecular weight is 467 g/mol. The zero-order valence-corrected chi connectivity index (χ0v) is 21.1. The van der Waals surface area contributed by atoms with Gasteiger partial charge in [0, 0.05) is 37.8 Å². The van der Waals surface area contributed by atoms with Gasteiger partial charge in [-0.15, -0.1) is 0 Å². The maximum absolute atomic E-state index is 13.5. The Morgan fingerprint density at radius 1 is 0.943 bits per heavy atom. The summed E-state index contributed by atoms with van der Waals surface area (Å²) < 4.78 is 6.09. The van der Waals surface area contributed by atoms with E-state index in [-0.39, 0.29) is 11.3 Å². The van der Waals surface area contributed by atoms with Gasteiger partial charge in [0.05, 0.1) is 0 Å². The molecule has 0 aliphatic rings. The van der Waals surface area contributed by atoms with Crippen LogP contribution in [0.5, 0.6) is 0 Å². The van der Waals surface area contributed by atoms with Crippen molar-refractivity contribution < 1.29 is 9.21 Å². The van der Waals surface area contributed by atoms with Gasteiger partial charge >= 0.3 is 0 Å². The fourth-order valence-electron chi connectivity index (χ4n) is 4.11. The van der Waals surface area contributed by atoms with Gasteiger partial charge in [-0.2, -0.15) is 0 Å². The zero-order chi connectivity index (χ0) is 24.8. The standard InChI is InChI=1S/C31H34N2O2/c1-23-13-14-26(31(2,3)4)20-25(23)21-28-15-16-29(35-28)30(34)33(22-24-10-6-5-7-11-24)19-17-27-12-8-9-18-32-27/h5-16,18,20H,17,19,21-22H2,1-4H3. The number of hydrogen-bond acceptors (Lipinski definition) is 3. The second kappa shape index (κ2) is 10.7. The number of aromatic nitrogens is 1. The predicted octanol–water partition coefficient (Wildman–Crippen LogP) is 6.76. The monoisotopic (exact) mass is 466 g/mol. The highest BCUT2D eigenvalue weighted by Crippen LogP contribution is 2.26. The Balaban J connectivity index is 1.52. The molecule has 0 aliphatic carbocycles. The van der Waals surface area contributed by atoms with E-state index in [0.29, 0.717) is 31.7 Å². The van der Waals surface area contributed by atoms with Crippen molar-refractivity contribution in [2.75, 3.05) is 6.54 Å². The highest BCUT2D eigenvalue weighted by molar-refractivity contribution is 5.91. The van der Waals surface area contributed by atoms with E-state index in [1.807, 2.05) is 59.5 Å². The van der Waals surface area contributed by atoms with E-state index >= 15 is 0 Å². The number of aryl methyl sites for hydroxylation is 1. The van der Waals surface area contributed by atoms with E-state index in [0.717, 1.165) is 17.0 Å². The Bertz CT molecular complexity index is 1250. The molecule has 1 amide bonds. The lowest BCUT2D eigenvalue weighted by Gasteiger charge is -2.22. The minimum Gasteiger partial charge on any atom is -0.456 e. The second-order valence-electron chi connectivity index (χ2n) is 10.1. The fraction of sp³-hybridized carbons (Fsp3) is 0.290. The summed E-state index contributed by atoms with van der Waals surface area (Å²) in [6.07, 6.45) is 3.13. The van der Waals surface area contributed by atoms with Crippen LogP contribution in [0, 0.1) is 6.92 Å². The molecule has 0 bridgehead atoms. The Morgan fingerprint density at radius 2 is 1.71 bits per heavy atom. The molecule has 4 heteroatoms. The van der Waals surface area contributed by atoms with E-state index in [1.54, 1.807) is 12.3 Å². The van der Waals surface area contributed by atoms with Gasteiger partial charge in [0.1, 0.15) is 5.76 Å². The van der Waals surface area contributed by atoms with Gasteiger partial charge in [0.25, 0.3) is 5.91 Å². The molecule has 2 aromatic heterocycles. The van der Waals surface area contributed by atoms with E-state index in [9.17, 15) is 4.79 Å². The zero-order valence-electron chi connectivity index (χ0n) is 21.1. The van der Waals surface area contributed by atoms with Gasteiger partial charge < -0.3 is 9.32 Å². The van der Waals surface area contributed by atoms with Crippen LogP contribution in [0.1, 0.15) is 65.0 Å². The Labute approximate surface area is 208 Å². The molecular formula is C31H34N2O2. The molecule has 180 valence electrons. The van der Waals surface area contributed by atoms with Crippen LogP contribution in [0.25, 0.3) is 0 Å². The first-order chi connectivity index (χ1) is 16.8. The van der Waals surface area contributed by atoms with Gasteiger partial charge in [-0.05, 0) is 58.9 Å². The summed E-state index contributed by atoms with van der Waals surface area (Å²) in [6.45, 7) is 9.87. The van der Waals surface area contributed by atoms with Crippen LogP contribution in [0.15, 0.2) is 89.5 Å². The summed E-state index contributed by atoms with van der Waals surface area (Å²) >= 11 is 0. The van der Waals surface area contributed by atoms with Crippen molar-refractivity contribution in [1.29, 1.82) is 0 Å². The van der Waals surface area contributed by atoms with Gasteiger partial charge in [0.15, 0.2) is 5.76 Å². The Kier molecular flexibility index (Phi) is 7.50. The molecule has 0 unspecified atom stereocenters. The third kappa shape index (κ3) is 6.48. The third-order valence-electron chi connectivity index (χ3n) is 6.32. The molecule has 35 heavy (non-hydrogen) atoms. The van der Waals surface area contributed by atoms with Crippen LogP contribution in [0.4, 0.5) is 0 Å². The number of carbonyl (C=O) groups excluding carboxylic acids is 1. The number of benzene rings is 2. The second-order valence-corrected chi connectivity index (χ2v) is 10.1. The van der Waals surface area contributed by atoms with E-state index in [1.165, 1.54) is 16.7 Å². The van der Waals surface area contributed by atoms with Gasteiger partial charge in [-0.1, -0.05) is 75.4 Å². The van der Waals surface area contributed by atoms with Gasteiger partial charge in [-0.3, -0.25) is 9.78 Å². The van der Waals surface area contributed by atoms with E-state index in [2.05, 4.69) is 50.9 Å². The van der Waals surface area contributed by atoms with Crippen molar-refractivity contribution in [3.8, 4) is 0 Å². The molecule has 2 aromatic carbocycles. The first kappa shape index (κ1) is 24.5. The predicted molar refractivity (Wildman–Crippen MR) is 141 cm³/mol. The molecule has 0 atom stereocenters. The summed E-state index contributed by atoms with van der Waals surface area (Å²) in [5.41, 5.74) is 5.88. The summed E-state index contributed by atoms with van der Waals surface area (Å²) in [7, 11) is 0. The first-order valence-corrected chi connectivity index (χ1v) is 12.2. The highest BCUT2D eigenvalue weighted by atomic mass is 16.4. The van der Waals surface area contributed by atoms with Crippen LogP contribution in [-0.4, -0.2) is 22.3 Å². The fourth-order valence-corrected chi connectivity index (χ4v) is 4.11. The summed E-state index contributed by atoms with van der Waals surface area (Å²) in [4.78, 5) is 19.8. The highest BCUT2D eigenvalue weighted by Gasteiger charge is 2.21. The molecule has 0 spiro atoms. The number of nitrogens with zero attached hydrogens (tertiary/aromatic N) is 2. The van der Waals surface area contributed by atoms with Crippen LogP contribution in [-0.2, 0) is 24.8 Å². The first-order valence-electron chi connectivity index (χ1n) is 12.2. The molecule has 0 fully saturated rings. The number of amides is 1. The molecule has 2 heterocycles. The minimum atomic E-state index is -0.101. The Hall–Kier alpha value is -3.66. The third-order valence-corrected chi connectivity index (χ3v) is 6.32. The summed E-state index contributed by atoms with van der Waals surface area (Å²) in [5.74, 6) is 1.07. The maximum atomic E-state index is 13.5. The van der Waals surface area contributed by atoms with Crippen molar-refractivity contribution in [2.45, 2.75) is 52.5 Å². The van der Waals surface area contributed by atoms with Crippen molar-refractivity contribution in [1.82, 2.24) is 9.88 Å². The number of furan rings is 1. The van der Waals surface area contributed by atoms with Gasteiger partial charge in [-0.25, -0.2) is 0 Å². The minimum absolute atomic E-state index is 0.0816. The molecule has 0 aliphatic heterocycles. The molecule has 0 radical (unpaired) electrons. The topological polar surface area (TPSA) is 46.3 Å². The lowest BCUT2D eigenvalue weighted by Crippen LogP contribution is -2.32. The molecule has 0 N–H and O–H groups in total. The van der Waals surface area contributed by atoms with Crippen molar-refractivity contribution >= 4 is 5.91 Å². The molecule has 4 aromatic rings. The smallest absolute Gasteiger partial charge is 0.289 e. The Morgan fingerprint density at radius 3 is 2.43 bits per heavy atom. The van der Waals surface area contributed by atoms with Crippen LogP contribution >= 0.6 is 0 Å². The van der Waals surface area contributed by atoms with E-state index < -0.39 is 0 Å². The van der Waals surface area contributed by atoms with Gasteiger partial charge in [0.2, 0.25) is 0 Å². The lowest BCUT2D eigenvalue weighted by atomic mass is 9.85. The van der Waals surface area contributed by atoms with E-state index in [4.69, 9.17) is 4.42 Å². The maximum Gasteiger partial charge on any atom is 0.289 e. The van der Waals surface area contributed by atoms with Crippen molar-refractivity contribution in [2.24, 2.45) is 0 Å². The molecule has 4 nitrogen and oxygen atoms in total. The SMILES string of the molecule is Cc1ccc(C(C)(C)C)cc1Cc1ccc(C(=O)N(CCc2ccccn2)Cc2ccccc2)o1. The number of pyridine rings is 1. The van der Waals surface area contributed by atoms with Crippen LogP contribution in [0.2, 0.25) is 0 Å². The normalized spacial score (nSPS) is 11.4. The molecule has 0 saturated carbocycles. The van der Waals surface area contributed by atoms with Crippen molar-refractivity contribution in [3.05, 3.63) is 125 Å². The molecule has 0 saturated heterocycles. The summed E-state index contributed by atoms with van der Waals surface area (Å²) in [6, 6.07) is 26.3. The quantitative estimate of drug-likeness (QED) is 0.288. The van der Waals surface area contributed by atoms with Crippen LogP contribution in [0.3, 0.4) is 0 Å². The molecular weight excluding hydrogens is 432 g/mol. The summed E-state index contributed by atoms with van der Waals surface area (Å²) in [5, 5.41) is 0. The number of carbonyl (C=O) groups is 1. The molecule has 4 rings (SSSR count). The largest absolute Gasteiger partial charge is 0.456 e. The van der Waals surface area contributed by atoms with Crippen LogP contribution < -0.4 is 0 Å². The number of hydrogen-bond donors (Lipinski definition) is 0.